The summed E-state index contributed by atoms with van der Waals surface area (Å²) in [7, 11) is 8.23. The van der Waals surface area contributed by atoms with Gasteiger partial charge in [-0.2, -0.15) is 0 Å². The van der Waals surface area contributed by atoms with Gasteiger partial charge >= 0.3 is 0 Å². The topological polar surface area (TPSA) is 50.3 Å². The smallest absolute Gasteiger partial charge is 0.279 e. The van der Waals surface area contributed by atoms with Crippen LogP contribution in [0, 0.1) is 0 Å². The second kappa shape index (κ2) is 9.27. The van der Waals surface area contributed by atoms with Gasteiger partial charge in [0, 0.05) is 12.2 Å². The van der Waals surface area contributed by atoms with Gasteiger partial charge in [0.25, 0.3) is 5.56 Å². The van der Waals surface area contributed by atoms with Crippen LogP contribution in [0.4, 0.5) is 5.69 Å². The molecule has 0 amide bonds. The molecule has 0 unspecified atom stereocenters. The number of hydrogen-bond donors (Lipinski definition) is 1. The summed E-state index contributed by atoms with van der Waals surface area (Å²) in [6, 6.07) is 15.7. The first-order chi connectivity index (χ1) is 14.7. The van der Waals surface area contributed by atoms with Crippen molar-refractivity contribution in [1.29, 1.82) is 0 Å². The molecule has 3 rings (SSSR count). The lowest BCUT2D eigenvalue weighted by Gasteiger charge is -2.29. The third-order valence-electron chi connectivity index (χ3n) is 5.33. The minimum absolute atomic E-state index is 0.119. The Kier molecular flexibility index (Phi) is 6.71. The first-order valence-electron chi connectivity index (χ1n) is 10.5. The molecule has 0 aliphatic rings. The molecule has 3 aromatic rings. The van der Waals surface area contributed by atoms with E-state index < -0.39 is 0 Å². The molecule has 31 heavy (non-hydrogen) atoms. The van der Waals surface area contributed by atoms with Crippen LogP contribution in [0.1, 0.15) is 12.5 Å². The zero-order valence-corrected chi connectivity index (χ0v) is 19.2. The number of nitrogens with zero attached hydrogens (tertiary/aromatic N) is 3. The molecule has 0 aliphatic carbocycles. The number of anilines is 1. The highest BCUT2D eigenvalue weighted by Crippen LogP contribution is 2.16. The summed E-state index contributed by atoms with van der Waals surface area (Å²) in [5.74, 6) is 0.779. The molecule has 1 heterocycles. The predicted octanol–water partition coefficient (Wildman–Crippen LogP) is 1.95. The number of benzene rings is 2. The number of nitrogens with one attached hydrogen (secondary N) is 1. The van der Waals surface area contributed by atoms with E-state index in [4.69, 9.17) is 4.74 Å². The van der Waals surface area contributed by atoms with Crippen LogP contribution in [0.2, 0.25) is 0 Å². The molecule has 0 radical (unpaired) electrons. The molecular weight excluding hydrogens is 388 g/mol. The van der Waals surface area contributed by atoms with E-state index in [1.54, 1.807) is 11.8 Å². The molecule has 6 nitrogen and oxygen atoms in total. The Hall–Kier alpha value is -3.25. The number of aromatic nitrogens is 2. The van der Waals surface area contributed by atoms with Crippen LogP contribution in [-0.2, 0) is 0 Å². The Bertz CT molecular complexity index is 1170. The number of H-pyrrole nitrogens is 1. The normalized spacial score (nSPS) is 12.2. The highest BCUT2D eigenvalue weighted by molar-refractivity contribution is 5.52. The Morgan fingerprint density at radius 1 is 1.10 bits per heavy atom. The van der Waals surface area contributed by atoms with Crippen molar-refractivity contribution in [3.8, 4) is 11.4 Å². The number of methoxy groups -OCH3 is 1. The quantitative estimate of drug-likeness (QED) is 0.566. The average molecular weight is 422 g/mol. The van der Waals surface area contributed by atoms with E-state index in [1.165, 1.54) is 0 Å². The van der Waals surface area contributed by atoms with Gasteiger partial charge in [0.15, 0.2) is 0 Å². The Morgan fingerprint density at radius 3 is 2.29 bits per heavy atom. The van der Waals surface area contributed by atoms with Crippen molar-refractivity contribution in [2.45, 2.75) is 6.92 Å². The second-order valence-electron chi connectivity index (χ2n) is 8.67. The molecule has 164 valence electrons. The maximum absolute atomic E-state index is 13.0. The number of rotatable bonds is 8. The molecule has 0 aliphatic heterocycles. The third-order valence-corrected chi connectivity index (χ3v) is 5.33. The SMILES string of the molecule is C=c1[nH]n(-c2ccc(N(CC)CC[N+](C)(C)C)cc2)c(=O)c1=Cc1ccc(OC)cc1. The fourth-order valence-corrected chi connectivity index (χ4v) is 3.40. The number of quaternary nitrogens is 1. The van der Waals surface area contributed by atoms with E-state index in [0.29, 0.717) is 10.6 Å². The fraction of sp³-hybridized carbons (Fsp3) is 0.320. The van der Waals surface area contributed by atoms with E-state index in [0.717, 1.165) is 46.8 Å². The zero-order valence-electron chi connectivity index (χ0n) is 19.2. The maximum Gasteiger partial charge on any atom is 0.279 e. The molecule has 0 fully saturated rings. The lowest BCUT2D eigenvalue weighted by Crippen LogP contribution is -2.42. The molecule has 0 saturated heterocycles. The summed E-state index contributed by atoms with van der Waals surface area (Å²) >= 11 is 0. The molecule has 6 heteroatoms. The average Bonchev–Trinajstić information content (AvgIpc) is 3.02. The molecule has 2 aromatic carbocycles. The van der Waals surface area contributed by atoms with Crippen molar-refractivity contribution >= 4 is 18.3 Å². The molecule has 0 spiro atoms. The first kappa shape index (κ1) is 22.4. The maximum atomic E-state index is 13.0. The minimum Gasteiger partial charge on any atom is -0.497 e. The molecule has 0 bridgehead atoms. The van der Waals surface area contributed by atoms with Gasteiger partial charge in [0.1, 0.15) is 5.75 Å². The van der Waals surface area contributed by atoms with Crippen LogP contribution in [-0.4, -0.2) is 62.2 Å². The standard InChI is InChI=1S/C25H33N4O2/c1-7-27(16-17-29(3,4)5)21-10-12-22(13-11-21)28-25(30)24(19(2)26-28)18-20-8-14-23(31-6)15-9-20/h8-15,18,26H,2,7,16-17H2,1,3-6H3/q+1. The van der Waals surface area contributed by atoms with Crippen molar-refractivity contribution in [2.24, 2.45) is 0 Å². The van der Waals surface area contributed by atoms with Crippen molar-refractivity contribution in [2.75, 3.05) is 52.8 Å². The lowest BCUT2D eigenvalue weighted by molar-refractivity contribution is -0.868. The van der Waals surface area contributed by atoms with Crippen LogP contribution in [0.15, 0.2) is 53.3 Å². The van der Waals surface area contributed by atoms with Crippen LogP contribution < -0.4 is 25.8 Å². The predicted molar refractivity (Wildman–Crippen MR) is 129 cm³/mol. The summed E-state index contributed by atoms with van der Waals surface area (Å²) < 4.78 is 7.66. The molecule has 0 atom stereocenters. The van der Waals surface area contributed by atoms with Crippen molar-refractivity contribution in [1.82, 2.24) is 9.78 Å². The van der Waals surface area contributed by atoms with Crippen molar-refractivity contribution in [3.05, 3.63) is 75.0 Å². The fourth-order valence-electron chi connectivity index (χ4n) is 3.40. The van der Waals surface area contributed by atoms with E-state index in [1.807, 2.05) is 42.5 Å². The molecule has 1 N–H and O–H groups in total. The van der Waals surface area contributed by atoms with Crippen LogP contribution in [0.5, 0.6) is 5.75 Å². The number of aromatic amines is 1. The van der Waals surface area contributed by atoms with Gasteiger partial charge in [-0.3, -0.25) is 9.89 Å². The Balaban J connectivity index is 1.88. The van der Waals surface area contributed by atoms with Crippen molar-refractivity contribution in [3.63, 3.8) is 0 Å². The van der Waals surface area contributed by atoms with Gasteiger partial charge in [0.2, 0.25) is 0 Å². The lowest BCUT2D eigenvalue weighted by atomic mass is 10.2. The number of hydrogen-bond acceptors (Lipinski definition) is 3. The summed E-state index contributed by atoms with van der Waals surface area (Å²) in [4.78, 5) is 15.4. The first-order valence-corrected chi connectivity index (χ1v) is 10.5. The summed E-state index contributed by atoms with van der Waals surface area (Å²) in [6.07, 6.45) is 1.84. The van der Waals surface area contributed by atoms with Gasteiger partial charge in [-0.1, -0.05) is 18.7 Å². The third kappa shape index (κ3) is 5.47. The van der Waals surface area contributed by atoms with Crippen LogP contribution in [0.25, 0.3) is 18.3 Å². The summed E-state index contributed by atoms with van der Waals surface area (Å²) in [6.45, 7) is 9.15. The van der Waals surface area contributed by atoms with Gasteiger partial charge < -0.3 is 14.1 Å². The number of ether oxygens (including phenoxy) is 1. The summed E-state index contributed by atoms with van der Waals surface area (Å²) in [5, 5.41) is 4.24. The van der Waals surface area contributed by atoms with E-state index >= 15 is 0 Å². The van der Waals surface area contributed by atoms with E-state index in [9.17, 15) is 4.79 Å². The minimum atomic E-state index is -0.119. The monoisotopic (exact) mass is 421 g/mol. The van der Waals surface area contributed by atoms with Crippen LogP contribution >= 0.6 is 0 Å². The van der Waals surface area contributed by atoms with Gasteiger partial charge in [0.05, 0.1) is 57.6 Å². The zero-order chi connectivity index (χ0) is 22.6. The highest BCUT2D eigenvalue weighted by Gasteiger charge is 2.12. The molecule has 1 aromatic heterocycles. The van der Waals surface area contributed by atoms with E-state index in [-0.39, 0.29) is 5.56 Å². The summed E-state index contributed by atoms with van der Waals surface area (Å²) in [5.41, 5.74) is 2.74. The van der Waals surface area contributed by atoms with Gasteiger partial charge in [-0.05, 0) is 55.0 Å². The van der Waals surface area contributed by atoms with E-state index in [2.05, 4.69) is 56.8 Å². The molecular formula is C25H33N4O2+. The molecule has 0 saturated carbocycles. The second-order valence-corrected chi connectivity index (χ2v) is 8.67. The Labute approximate surface area is 183 Å². The van der Waals surface area contributed by atoms with Gasteiger partial charge in [-0.25, -0.2) is 4.68 Å². The van der Waals surface area contributed by atoms with Gasteiger partial charge in [-0.15, -0.1) is 0 Å². The van der Waals surface area contributed by atoms with Crippen molar-refractivity contribution < 1.29 is 9.22 Å². The van der Waals surface area contributed by atoms with Crippen LogP contribution in [0.3, 0.4) is 0 Å². The number of likely N-dealkylation sites (N-methyl/N-ethyl adjacent to an activating group) is 2. The largest absolute Gasteiger partial charge is 0.497 e. The highest BCUT2D eigenvalue weighted by atomic mass is 16.5. The Morgan fingerprint density at radius 2 is 1.74 bits per heavy atom.